The number of nitrogens with zero attached hydrogens (tertiary/aromatic N) is 1. The standard InChI is InChI=1S/C11H11Br2NO4/c1-17-10-7(12)3-6(4-8(10)13)5-9(14-16)11(15)18-2/h3-4,16H,5H2,1-2H3/b14-9+. The molecule has 1 rings (SSSR count). The van der Waals surface area contributed by atoms with Crippen LogP contribution in [0.4, 0.5) is 0 Å². The molecule has 0 amide bonds. The molecule has 0 saturated heterocycles. The van der Waals surface area contributed by atoms with Gasteiger partial charge in [0, 0.05) is 6.42 Å². The second kappa shape index (κ2) is 6.75. The molecule has 0 aliphatic carbocycles. The Bertz CT molecular complexity index is 465. The fourth-order valence-corrected chi connectivity index (χ4v) is 2.97. The average molecular weight is 381 g/mol. The predicted octanol–water partition coefficient (Wildman–Crippen LogP) is 2.77. The summed E-state index contributed by atoms with van der Waals surface area (Å²) in [5, 5.41) is 11.7. The molecule has 0 aliphatic heterocycles. The third-order valence-electron chi connectivity index (χ3n) is 2.18. The van der Waals surface area contributed by atoms with Crippen molar-refractivity contribution < 1.29 is 19.5 Å². The summed E-state index contributed by atoms with van der Waals surface area (Å²) >= 11 is 6.70. The summed E-state index contributed by atoms with van der Waals surface area (Å²) in [6, 6.07) is 3.55. The maximum atomic E-state index is 11.3. The number of hydrogen-bond acceptors (Lipinski definition) is 5. The second-order valence-corrected chi connectivity index (χ2v) is 5.02. The molecule has 0 heterocycles. The zero-order chi connectivity index (χ0) is 13.7. The third-order valence-corrected chi connectivity index (χ3v) is 3.35. The number of methoxy groups -OCH3 is 2. The molecular weight excluding hydrogens is 370 g/mol. The van der Waals surface area contributed by atoms with Crippen molar-refractivity contribution in [1.82, 2.24) is 0 Å². The normalized spacial score (nSPS) is 11.2. The first-order valence-corrected chi connectivity index (χ1v) is 6.43. The maximum absolute atomic E-state index is 11.3. The van der Waals surface area contributed by atoms with Gasteiger partial charge in [0.2, 0.25) is 0 Å². The first-order valence-electron chi connectivity index (χ1n) is 4.84. The van der Waals surface area contributed by atoms with Crippen LogP contribution < -0.4 is 4.74 Å². The zero-order valence-corrected chi connectivity index (χ0v) is 12.9. The lowest BCUT2D eigenvalue weighted by Crippen LogP contribution is -2.18. The first kappa shape index (κ1) is 15.0. The minimum absolute atomic E-state index is 0.0681. The van der Waals surface area contributed by atoms with Crippen LogP contribution in [0.25, 0.3) is 0 Å². The minimum Gasteiger partial charge on any atom is -0.494 e. The Morgan fingerprint density at radius 1 is 1.33 bits per heavy atom. The van der Waals surface area contributed by atoms with Gasteiger partial charge in [-0.05, 0) is 49.6 Å². The smallest absolute Gasteiger partial charge is 0.356 e. The highest BCUT2D eigenvalue weighted by atomic mass is 79.9. The van der Waals surface area contributed by atoms with Gasteiger partial charge in [-0.1, -0.05) is 5.16 Å². The molecule has 0 spiro atoms. The number of rotatable bonds is 4. The fourth-order valence-electron chi connectivity index (χ4n) is 1.37. The van der Waals surface area contributed by atoms with E-state index in [-0.39, 0.29) is 12.1 Å². The number of carbonyl (C=O) groups excluding carboxylic acids is 1. The van der Waals surface area contributed by atoms with Gasteiger partial charge in [-0.3, -0.25) is 0 Å². The van der Waals surface area contributed by atoms with E-state index in [2.05, 4.69) is 41.8 Å². The lowest BCUT2D eigenvalue weighted by molar-refractivity contribution is -0.132. The Labute approximate surface area is 121 Å². The number of benzene rings is 1. The molecule has 7 heteroatoms. The van der Waals surface area contributed by atoms with Crippen LogP contribution in [0.1, 0.15) is 5.56 Å². The first-order chi connectivity index (χ1) is 8.53. The summed E-state index contributed by atoms with van der Waals surface area (Å²) in [6.45, 7) is 0. The Kier molecular flexibility index (Phi) is 5.61. The summed E-state index contributed by atoms with van der Waals surface area (Å²) in [5.74, 6) is -0.0140. The Hall–Kier alpha value is -1.08. The van der Waals surface area contributed by atoms with Crippen LogP contribution in [-0.2, 0) is 16.0 Å². The van der Waals surface area contributed by atoms with Crippen LogP contribution in [0.15, 0.2) is 26.2 Å². The van der Waals surface area contributed by atoms with E-state index < -0.39 is 5.97 Å². The van der Waals surface area contributed by atoms with Crippen molar-refractivity contribution in [2.24, 2.45) is 5.16 Å². The Morgan fingerprint density at radius 2 is 1.89 bits per heavy atom. The van der Waals surface area contributed by atoms with Gasteiger partial charge >= 0.3 is 5.97 Å². The van der Waals surface area contributed by atoms with E-state index in [1.807, 2.05) is 0 Å². The summed E-state index contributed by atoms with van der Waals surface area (Å²) in [4.78, 5) is 11.3. The number of carbonyl (C=O) groups is 1. The van der Waals surface area contributed by atoms with Gasteiger partial charge in [0.05, 0.1) is 23.2 Å². The van der Waals surface area contributed by atoms with Gasteiger partial charge in [-0.2, -0.15) is 0 Å². The van der Waals surface area contributed by atoms with E-state index in [0.29, 0.717) is 5.75 Å². The van der Waals surface area contributed by atoms with E-state index in [4.69, 9.17) is 9.94 Å². The van der Waals surface area contributed by atoms with Crippen molar-refractivity contribution in [1.29, 1.82) is 0 Å². The highest BCUT2D eigenvalue weighted by molar-refractivity contribution is 9.11. The van der Waals surface area contributed by atoms with E-state index in [0.717, 1.165) is 14.5 Å². The van der Waals surface area contributed by atoms with Crippen LogP contribution >= 0.6 is 31.9 Å². The predicted molar refractivity (Wildman–Crippen MR) is 73.3 cm³/mol. The highest BCUT2D eigenvalue weighted by Gasteiger charge is 2.15. The number of ether oxygens (including phenoxy) is 2. The molecule has 18 heavy (non-hydrogen) atoms. The van der Waals surface area contributed by atoms with Gasteiger partial charge in [0.25, 0.3) is 0 Å². The molecule has 0 aromatic heterocycles. The second-order valence-electron chi connectivity index (χ2n) is 3.31. The number of esters is 1. The molecule has 0 fully saturated rings. The Balaban J connectivity index is 3.02. The fraction of sp³-hybridized carbons (Fsp3) is 0.273. The van der Waals surface area contributed by atoms with Gasteiger partial charge < -0.3 is 14.7 Å². The molecular formula is C11H11Br2NO4. The Morgan fingerprint density at radius 3 is 2.28 bits per heavy atom. The SMILES string of the molecule is COC(=O)/C(Cc1cc(Br)c(OC)c(Br)c1)=N/O. The summed E-state index contributed by atoms with van der Waals surface area (Å²) in [6.07, 6.45) is 0.157. The molecule has 5 nitrogen and oxygen atoms in total. The van der Waals surface area contributed by atoms with Gasteiger partial charge in [0.1, 0.15) is 5.75 Å². The van der Waals surface area contributed by atoms with E-state index in [9.17, 15) is 4.79 Å². The zero-order valence-electron chi connectivity index (χ0n) is 9.74. The lowest BCUT2D eigenvalue weighted by atomic mass is 10.1. The molecule has 1 N–H and O–H groups in total. The van der Waals surface area contributed by atoms with E-state index >= 15 is 0 Å². The molecule has 0 saturated carbocycles. The highest BCUT2D eigenvalue weighted by Crippen LogP contribution is 2.34. The largest absolute Gasteiger partial charge is 0.494 e. The van der Waals surface area contributed by atoms with Crippen LogP contribution in [0, 0.1) is 0 Å². The average Bonchev–Trinajstić information content (AvgIpc) is 2.34. The number of halogens is 2. The van der Waals surface area contributed by atoms with Gasteiger partial charge in [-0.25, -0.2) is 4.79 Å². The molecule has 0 atom stereocenters. The van der Waals surface area contributed by atoms with Crippen LogP contribution in [0.5, 0.6) is 5.75 Å². The van der Waals surface area contributed by atoms with E-state index in [1.54, 1.807) is 19.2 Å². The minimum atomic E-state index is -0.666. The van der Waals surface area contributed by atoms with E-state index in [1.165, 1.54) is 7.11 Å². The van der Waals surface area contributed by atoms with Gasteiger partial charge in [0.15, 0.2) is 5.71 Å². The summed E-state index contributed by atoms with van der Waals surface area (Å²) < 4.78 is 11.1. The molecule has 0 radical (unpaired) electrons. The van der Waals surface area contributed by atoms with Crippen molar-refractivity contribution >= 4 is 43.5 Å². The van der Waals surface area contributed by atoms with Crippen molar-refractivity contribution in [3.05, 3.63) is 26.6 Å². The third kappa shape index (κ3) is 3.46. The van der Waals surface area contributed by atoms with Gasteiger partial charge in [-0.15, -0.1) is 0 Å². The number of hydrogen-bond donors (Lipinski definition) is 1. The monoisotopic (exact) mass is 379 g/mol. The van der Waals surface area contributed by atoms with Crippen LogP contribution in [0.3, 0.4) is 0 Å². The molecule has 98 valence electrons. The molecule has 1 aromatic carbocycles. The van der Waals surface area contributed by atoms with Crippen molar-refractivity contribution in [2.75, 3.05) is 14.2 Å². The van der Waals surface area contributed by atoms with Crippen molar-refractivity contribution in [3.8, 4) is 5.75 Å². The van der Waals surface area contributed by atoms with Crippen molar-refractivity contribution in [2.45, 2.75) is 6.42 Å². The topological polar surface area (TPSA) is 68.1 Å². The van der Waals surface area contributed by atoms with Crippen LogP contribution in [0.2, 0.25) is 0 Å². The molecule has 1 aromatic rings. The number of oxime groups is 1. The molecule has 0 aliphatic rings. The summed E-state index contributed by atoms with van der Waals surface area (Å²) in [7, 11) is 2.78. The van der Waals surface area contributed by atoms with Crippen LogP contribution in [-0.4, -0.2) is 31.1 Å². The summed E-state index contributed by atoms with van der Waals surface area (Å²) in [5.41, 5.74) is 0.703. The maximum Gasteiger partial charge on any atom is 0.356 e. The molecule has 0 unspecified atom stereocenters. The quantitative estimate of drug-likeness (QED) is 0.377. The van der Waals surface area contributed by atoms with Crippen molar-refractivity contribution in [3.63, 3.8) is 0 Å². The molecule has 0 bridgehead atoms. The lowest BCUT2D eigenvalue weighted by Gasteiger charge is -2.09.